The number of likely N-dealkylation sites (N-methyl/N-ethyl adjacent to an activating group) is 1. The second-order valence-electron chi connectivity index (χ2n) is 5.52. The maximum Gasteiger partial charge on any atom is 0.251 e. The Morgan fingerprint density at radius 3 is 2.43 bits per heavy atom. The Labute approximate surface area is 132 Å². The van der Waals surface area contributed by atoms with E-state index in [2.05, 4.69) is 21.2 Å². The van der Waals surface area contributed by atoms with Gasteiger partial charge in [0.25, 0.3) is 5.91 Å². The SMILES string of the molecule is CC(C)CC(NC(=O)c1ccc(F)c(Br)c1)C(=O)N(C)C. The lowest BCUT2D eigenvalue weighted by molar-refractivity contribution is -0.131. The van der Waals surface area contributed by atoms with Crippen molar-refractivity contribution in [1.29, 1.82) is 0 Å². The molecule has 1 aromatic rings. The van der Waals surface area contributed by atoms with Crippen LogP contribution in [-0.2, 0) is 4.79 Å². The molecule has 0 aliphatic heterocycles. The van der Waals surface area contributed by atoms with Crippen LogP contribution < -0.4 is 5.32 Å². The fourth-order valence-electron chi connectivity index (χ4n) is 1.88. The van der Waals surface area contributed by atoms with Gasteiger partial charge in [-0.1, -0.05) is 13.8 Å². The van der Waals surface area contributed by atoms with E-state index in [0.29, 0.717) is 12.0 Å². The highest BCUT2D eigenvalue weighted by atomic mass is 79.9. The predicted molar refractivity (Wildman–Crippen MR) is 83.5 cm³/mol. The molecular formula is C15H20BrFN2O2. The van der Waals surface area contributed by atoms with E-state index in [-0.39, 0.29) is 16.3 Å². The van der Waals surface area contributed by atoms with Gasteiger partial charge in [-0.25, -0.2) is 4.39 Å². The number of halogens is 2. The first kappa shape index (κ1) is 17.6. The summed E-state index contributed by atoms with van der Waals surface area (Å²) in [5.41, 5.74) is 0.309. The number of benzene rings is 1. The molecule has 0 radical (unpaired) electrons. The third-order valence-electron chi connectivity index (χ3n) is 2.93. The highest BCUT2D eigenvalue weighted by molar-refractivity contribution is 9.10. The van der Waals surface area contributed by atoms with Crippen molar-refractivity contribution in [2.24, 2.45) is 5.92 Å². The average Bonchev–Trinajstić information content (AvgIpc) is 2.39. The molecule has 0 aliphatic carbocycles. The van der Waals surface area contributed by atoms with Crippen molar-refractivity contribution in [1.82, 2.24) is 10.2 Å². The van der Waals surface area contributed by atoms with Crippen molar-refractivity contribution in [3.8, 4) is 0 Å². The molecule has 0 aliphatic rings. The number of amides is 2. The first-order chi connectivity index (χ1) is 9.72. The second kappa shape index (κ2) is 7.54. The Kier molecular flexibility index (Phi) is 6.33. The van der Waals surface area contributed by atoms with Crippen molar-refractivity contribution < 1.29 is 14.0 Å². The van der Waals surface area contributed by atoms with Crippen LogP contribution in [-0.4, -0.2) is 36.9 Å². The van der Waals surface area contributed by atoms with Crippen LogP contribution >= 0.6 is 15.9 Å². The van der Waals surface area contributed by atoms with Gasteiger partial charge >= 0.3 is 0 Å². The molecule has 1 rings (SSSR count). The van der Waals surface area contributed by atoms with E-state index < -0.39 is 17.8 Å². The number of hydrogen-bond acceptors (Lipinski definition) is 2. The highest BCUT2D eigenvalue weighted by Crippen LogP contribution is 2.17. The minimum Gasteiger partial charge on any atom is -0.347 e. The van der Waals surface area contributed by atoms with Gasteiger partial charge in [-0.05, 0) is 46.5 Å². The molecule has 1 aromatic carbocycles. The standard InChI is InChI=1S/C15H20BrFN2O2/c1-9(2)7-13(15(21)19(3)4)18-14(20)10-5-6-12(17)11(16)8-10/h5-6,8-9,13H,7H2,1-4H3,(H,18,20). The maximum absolute atomic E-state index is 13.2. The second-order valence-corrected chi connectivity index (χ2v) is 6.37. The summed E-state index contributed by atoms with van der Waals surface area (Å²) in [4.78, 5) is 25.8. The van der Waals surface area contributed by atoms with Crippen LogP contribution in [0.4, 0.5) is 4.39 Å². The van der Waals surface area contributed by atoms with E-state index in [4.69, 9.17) is 0 Å². The monoisotopic (exact) mass is 358 g/mol. The topological polar surface area (TPSA) is 49.4 Å². The average molecular weight is 359 g/mol. The third kappa shape index (κ3) is 5.12. The summed E-state index contributed by atoms with van der Waals surface area (Å²) in [6.45, 7) is 3.97. The predicted octanol–water partition coefficient (Wildman–Crippen LogP) is 2.82. The lowest BCUT2D eigenvalue weighted by atomic mass is 10.0. The molecular weight excluding hydrogens is 339 g/mol. The van der Waals surface area contributed by atoms with Crippen molar-refractivity contribution in [3.05, 3.63) is 34.1 Å². The molecule has 0 saturated heterocycles. The molecule has 1 atom stereocenters. The molecule has 2 amide bonds. The molecule has 4 nitrogen and oxygen atoms in total. The van der Waals surface area contributed by atoms with Crippen LogP contribution in [0.2, 0.25) is 0 Å². The van der Waals surface area contributed by atoms with Gasteiger partial charge in [-0.15, -0.1) is 0 Å². The van der Waals surface area contributed by atoms with E-state index in [0.717, 1.165) is 0 Å². The van der Waals surface area contributed by atoms with Gasteiger partial charge in [0.1, 0.15) is 11.9 Å². The Balaban J connectivity index is 2.89. The van der Waals surface area contributed by atoms with Crippen LogP contribution in [0.3, 0.4) is 0 Å². The van der Waals surface area contributed by atoms with Gasteiger partial charge < -0.3 is 10.2 Å². The minimum absolute atomic E-state index is 0.154. The third-order valence-corrected chi connectivity index (χ3v) is 3.54. The van der Waals surface area contributed by atoms with Crippen LogP contribution in [0.5, 0.6) is 0 Å². The Bertz CT molecular complexity index is 532. The number of nitrogens with one attached hydrogen (secondary N) is 1. The zero-order valence-corrected chi connectivity index (χ0v) is 14.2. The molecule has 0 spiro atoms. The van der Waals surface area contributed by atoms with Crippen LogP contribution in [0.25, 0.3) is 0 Å². The largest absolute Gasteiger partial charge is 0.347 e. The zero-order valence-electron chi connectivity index (χ0n) is 12.6. The van der Waals surface area contributed by atoms with Gasteiger partial charge in [-0.2, -0.15) is 0 Å². The highest BCUT2D eigenvalue weighted by Gasteiger charge is 2.24. The van der Waals surface area contributed by atoms with Crippen molar-refractivity contribution in [2.75, 3.05) is 14.1 Å². The Hall–Kier alpha value is -1.43. The minimum atomic E-state index is -0.587. The summed E-state index contributed by atoms with van der Waals surface area (Å²) >= 11 is 3.04. The van der Waals surface area contributed by atoms with Gasteiger partial charge in [0, 0.05) is 19.7 Å². The lowest BCUT2D eigenvalue weighted by Gasteiger charge is -2.23. The molecule has 0 saturated carbocycles. The van der Waals surface area contributed by atoms with Crippen molar-refractivity contribution >= 4 is 27.7 Å². The molecule has 0 bridgehead atoms. The normalized spacial score (nSPS) is 12.1. The molecule has 0 heterocycles. The fourth-order valence-corrected chi connectivity index (χ4v) is 2.26. The van der Waals surface area contributed by atoms with Gasteiger partial charge in [0.15, 0.2) is 0 Å². The summed E-state index contributed by atoms with van der Waals surface area (Å²) in [7, 11) is 3.30. The first-order valence-corrected chi connectivity index (χ1v) is 7.48. The zero-order chi connectivity index (χ0) is 16.2. The van der Waals surface area contributed by atoms with Crippen LogP contribution in [0.15, 0.2) is 22.7 Å². The van der Waals surface area contributed by atoms with Gasteiger partial charge in [0.2, 0.25) is 5.91 Å². The summed E-state index contributed by atoms with van der Waals surface area (Å²) in [6, 6.07) is 3.42. The van der Waals surface area contributed by atoms with Crippen LogP contribution in [0.1, 0.15) is 30.6 Å². The van der Waals surface area contributed by atoms with Gasteiger partial charge in [0.05, 0.1) is 4.47 Å². The molecule has 1 N–H and O–H groups in total. The smallest absolute Gasteiger partial charge is 0.251 e. The van der Waals surface area contributed by atoms with Gasteiger partial charge in [-0.3, -0.25) is 9.59 Å². The maximum atomic E-state index is 13.2. The summed E-state index contributed by atoms with van der Waals surface area (Å²) < 4.78 is 13.4. The Morgan fingerprint density at radius 2 is 1.95 bits per heavy atom. The van der Waals surface area contributed by atoms with Crippen molar-refractivity contribution in [2.45, 2.75) is 26.3 Å². The number of nitrogens with zero attached hydrogens (tertiary/aromatic N) is 1. The fraction of sp³-hybridized carbons (Fsp3) is 0.467. The molecule has 0 fully saturated rings. The summed E-state index contributed by atoms with van der Waals surface area (Å²) in [6.07, 6.45) is 0.547. The summed E-state index contributed by atoms with van der Waals surface area (Å²) in [5.74, 6) is -0.719. The molecule has 6 heteroatoms. The van der Waals surface area contributed by atoms with E-state index in [1.54, 1.807) is 14.1 Å². The van der Waals surface area contributed by atoms with E-state index in [9.17, 15) is 14.0 Å². The number of carbonyl (C=O) groups is 2. The summed E-state index contributed by atoms with van der Waals surface area (Å²) in [5, 5.41) is 2.72. The molecule has 116 valence electrons. The number of rotatable bonds is 5. The first-order valence-electron chi connectivity index (χ1n) is 6.69. The quantitative estimate of drug-likeness (QED) is 0.879. The lowest BCUT2D eigenvalue weighted by Crippen LogP contribution is -2.46. The number of hydrogen-bond donors (Lipinski definition) is 1. The number of carbonyl (C=O) groups excluding carboxylic acids is 2. The van der Waals surface area contributed by atoms with Crippen LogP contribution in [0, 0.1) is 11.7 Å². The Morgan fingerprint density at radius 1 is 1.33 bits per heavy atom. The molecule has 1 unspecified atom stereocenters. The van der Waals surface area contributed by atoms with Crippen molar-refractivity contribution in [3.63, 3.8) is 0 Å². The molecule has 0 aromatic heterocycles. The molecule has 21 heavy (non-hydrogen) atoms. The van der Waals surface area contributed by atoms with E-state index in [1.807, 2.05) is 13.8 Å². The van der Waals surface area contributed by atoms with E-state index in [1.165, 1.54) is 23.1 Å². The van der Waals surface area contributed by atoms with E-state index >= 15 is 0 Å².